The molecule has 0 aromatic heterocycles. The van der Waals surface area contributed by atoms with E-state index >= 15 is 0 Å². The Morgan fingerprint density at radius 1 is 0.804 bits per heavy atom. The third kappa shape index (κ3) is 14.4. The maximum absolute atomic E-state index is 12.6. The Kier molecular flexibility index (Phi) is 14.4. The highest BCUT2D eigenvalue weighted by Gasteiger charge is 2.32. The summed E-state index contributed by atoms with van der Waals surface area (Å²) >= 11 is 0. The van der Waals surface area contributed by atoms with Gasteiger partial charge in [0.25, 0.3) is 0 Å². The van der Waals surface area contributed by atoms with Crippen LogP contribution >= 0.6 is 0 Å². The van der Waals surface area contributed by atoms with E-state index in [9.17, 15) is 31.4 Å². The van der Waals surface area contributed by atoms with Gasteiger partial charge in [-0.1, -0.05) is 12.1 Å². The van der Waals surface area contributed by atoms with E-state index in [0.29, 0.717) is 45.1 Å². The summed E-state index contributed by atoms with van der Waals surface area (Å²) in [6.45, 7) is 12.8. The van der Waals surface area contributed by atoms with Crippen molar-refractivity contribution in [2.45, 2.75) is 76.7 Å². The molecular weight excluding hydrogens is 622 g/mol. The van der Waals surface area contributed by atoms with Crippen LogP contribution in [0.2, 0.25) is 0 Å². The monoisotopic (exact) mass is 666 g/mol. The van der Waals surface area contributed by atoms with Crippen molar-refractivity contribution in [1.82, 2.24) is 10.2 Å². The Hall–Kier alpha value is -2.62. The molecule has 0 spiro atoms. The molecule has 14 heteroatoms. The first-order valence-corrected chi connectivity index (χ1v) is 15.2. The van der Waals surface area contributed by atoms with Gasteiger partial charge in [-0.25, -0.2) is 0 Å². The number of ether oxygens (including phenoxy) is 5. The molecule has 3 aliphatic rings. The van der Waals surface area contributed by atoms with Crippen molar-refractivity contribution < 1.29 is 55.1 Å². The molecule has 3 saturated heterocycles. The number of nitrogens with zero attached hydrogens (tertiary/aromatic N) is 1. The zero-order chi connectivity index (χ0) is 33.9. The van der Waals surface area contributed by atoms with Gasteiger partial charge in [-0.2, -0.15) is 26.3 Å². The minimum atomic E-state index is -4.40. The Labute approximate surface area is 265 Å². The summed E-state index contributed by atoms with van der Waals surface area (Å²) in [6, 6.07) is 9.48. The van der Waals surface area contributed by atoms with E-state index in [4.69, 9.17) is 23.7 Å². The van der Waals surface area contributed by atoms with Gasteiger partial charge in [0, 0.05) is 32.7 Å². The largest absolute Gasteiger partial charge is 0.491 e. The fourth-order valence-electron chi connectivity index (χ4n) is 4.84. The summed E-state index contributed by atoms with van der Waals surface area (Å²) in [5.74, 6) is 0.322. The molecule has 6 atom stereocenters. The Balaban J connectivity index is 0.000000212. The number of benzene rings is 2. The van der Waals surface area contributed by atoms with Crippen molar-refractivity contribution in [3.63, 3.8) is 0 Å². The van der Waals surface area contributed by atoms with Crippen molar-refractivity contribution in [3.8, 4) is 11.5 Å². The number of epoxide rings is 1. The maximum Gasteiger partial charge on any atom is 0.416 e. The van der Waals surface area contributed by atoms with E-state index in [0.717, 1.165) is 37.4 Å². The predicted octanol–water partition coefficient (Wildman–Crippen LogP) is 5.42. The lowest BCUT2D eigenvalue weighted by Crippen LogP contribution is -2.48. The molecule has 3 heterocycles. The molecule has 2 N–H and O–H groups in total. The first-order valence-electron chi connectivity index (χ1n) is 15.2. The number of β-amino-alcohol motifs (C(OH)–C–C–N with tert-alkyl or cyclic N) is 1. The van der Waals surface area contributed by atoms with E-state index in [1.807, 2.05) is 13.8 Å². The molecule has 0 bridgehead atoms. The SMILES string of the molecule is CC1CN(CC(O)COc2cccc(C(F)(F)F)c2)CC(C)O1.CC1CNCC(C)O1.FC(F)(F)c1cccc(OCC2CO2)c1. The van der Waals surface area contributed by atoms with Crippen LogP contribution in [0.1, 0.15) is 38.8 Å². The second-order valence-corrected chi connectivity index (χ2v) is 11.7. The molecule has 5 rings (SSSR count). The zero-order valence-electron chi connectivity index (χ0n) is 26.4. The number of hydrogen-bond donors (Lipinski definition) is 2. The van der Waals surface area contributed by atoms with Gasteiger partial charge in [-0.3, -0.25) is 4.90 Å². The Morgan fingerprint density at radius 3 is 1.72 bits per heavy atom. The number of hydrogen-bond acceptors (Lipinski definition) is 8. The second kappa shape index (κ2) is 17.5. The van der Waals surface area contributed by atoms with E-state index in [2.05, 4.69) is 24.1 Å². The minimum absolute atomic E-state index is 0.0412. The van der Waals surface area contributed by atoms with Gasteiger partial charge in [-0.05, 0) is 64.1 Å². The molecule has 0 amide bonds. The smallest absolute Gasteiger partial charge is 0.416 e. The van der Waals surface area contributed by atoms with Gasteiger partial charge in [0.05, 0.1) is 42.1 Å². The van der Waals surface area contributed by atoms with E-state index in [1.165, 1.54) is 24.3 Å². The number of alkyl halides is 6. The number of aliphatic hydroxyl groups excluding tert-OH is 1. The first-order chi connectivity index (χ1) is 21.6. The lowest BCUT2D eigenvalue weighted by atomic mass is 10.2. The fourth-order valence-corrected chi connectivity index (χ4v) is 4.84. The molecule has 46 heavy (non-hydrogen) atoms. The van der Waals surface area contributed by atoms with Crippen LogP contribution in [0.15, 0.2) is 48.5 Å². The molecule has 3 aliphatic heterocycles. The van der Waals surface area contributed by atoms with Crippen LogP contribution in [-0.2, 0) is 26.6 Å². The summed E-state index contributed by atoms with van der Waals surface area (Å²) < 4.78 is 101. The van der Waals surface area contributed by atoms with Crippen molar-refractivity contribution in [2.24, 2.45) is 0 Å². The van der Waals surface area contributed by atoms with Crippen molar-refractivity contribution in [2.75, 3.05) is 52.5 Å². The number of morpholine rings is 2. The van der Waals surface area contributed by atoms with Crippen LogP contribution in [0.25, 0.3) is 0 Å². The van der Waals surface area contributed by atoms with Crippen molar-refractivity contribution in [3.05, 3.63) is 59.7 Å². The van der Waals surface area contributed by atoms with Crippen molar-refractivity contribution in [1.29, 1.82) is 0 Å². The number of halogens is 6. The van der Waals surface area contributed by atoms with Crippen LogP contribution in [0.4, 0.5) is 26.3 Å². The van der Waals surface area contributed by atoms with Crippen LogP contribution in [0.3, 0.4) is 0 Å². The molecule has 260 valence electrons. The quantitative estimate of drug-likeness (QED) is 0.286. The molecular formula is C32H44F6N2O6. The average molecular weight is 667 g/mol. The lowest BCUT2D eigenvalue weighted by molar-refractivity contribution is -0.138. The van der Waals surface area contributed by atoms with E-state index < -0.39 is 29.6 Å². The van der Waals surface area contributed by atoms with Crippen molar-refractivity contribution >= 4 is 0 Å². The zero-order valence-corrected chi connectivity index (χ0v) is 26.4. The first kappa shape index (κ1) is 37.8. The number of aliphatic hydroxyl groups is 1. The van der Waals surface area contributed by atoms with E-state index in [-0.39, 0.29) is 36.4 Å². The third-order valence-electron chi connectivity index (χ3n) is 6.90. The highest BCUT2D eigenvalue weighted by atomic mass is 19.4. The molecule has 0 radical (unpaired) electrons. The molecule has 3 fully saturated rings. The van der Waals surface area contributed by atoms with Gasteiger partial charge in [0.1, 0.15) is 36.9 Å². The molecule has 0 saturated carbocycles. The molecule has 2 aromatic carbocycles. The minimum Gasteiger partial charge on any atom is -0.491 e. The maximum atomic E-state index is 12.6. The summed E-state index contributed by atoms with van der Waals surface area (Å²) in [6.07, 6.45) is -8.47. The van der Waals surface area contributed by atoms with Gasteiger partial charge in [-0.15, -0.1) is 0 Å². The van der Waals surface area contributed by atoms with Gasteiger partial charge < -0.3 is 34.1 Å². The normalized spacial score (nSPS) is 25.7. The predicted molar refractivity (Wildman–Crippen MR) is 159 cm³/mol. The summed E-state index contributed by atoms with van der Waals surface area (Å²) in [5.41, 5.74) is -1.46. The molecule has 2 aromatic rings. The van der Waals surface area contributed by atoms with E-state index in [1.54, 1.807) is 0 Å². The summed E-state index contributed by atoms with van der Waals surface area (Å²) in [7, 11) is 0. The molecule has 0 aliphatic carbocycles. The topological polar surface area (TPSA) is 85.0 Å². The molecule has 8 nitrogen and oxygen atoms in total. The van der Waals surface area contributed by atoms with Crippen LogP contribution in [0.5, 0.6) is 11.5 Å². The average Bonchev–Trinajstić information content (AvgIpc) is 3.79. The Morgan fingerprint density at radius 2 is 1.28 bits per heavy atom. The van der Waals surface area contributed by atoms with Gasteiger partial charge in [0.2, 0.25) is 0 Å². The third-order valence-corrected chi connectivity index (χ3v) is 6.90. The lowest BCUT2D eigenvalue weighted by Gasteiger charge is -2.36. The standard InChI is InChI=1S/C16H22F3NO3.C10H9F3O2.C6H13NO/c1-11-7-20(8-12(2)23-11)9-14(21)10-22-15-5-3-4-13(6-15)16(17,18)19;11-10(12,13)7-2-1-3-8(4-7)14-5-9-6-15-9;1-5-3-7-4-6(2)8-5/h3-6,11-12,14,21H,7-10H2,1-2H3;1-4,9H,5-6H2;5-7H,3-4H2,1-2H3. The van der Waals surface area contributed by atoms with Crippen LogP contribution in [0, 0.1) is 0 Å². The highest BCUT2D eigenvalue weighted by Crippen LogP contribution is 2.32. The fraction of sp³-hybridized carbons (Fsp3) is 0.625. The van der Waals surface area contributed by atoms with Crippen LogP contribution in [-0.4, -0.2) is 99.2 Å². The number of nitrogens with one attached hydrogen (secondary N) is 1. The summed E-state index contributed by atoms with van der Waals surface area (Å²) in [4.78, 5) is 2.07. The summed E-state index contributed by atoms with van der Waals surface area (Å²) in [5, 5.41) is 13.3. The van der Waals surface area contributed by atoms with Gasteiger partial charge in [0.15, 0.2) is 0 Å². The highest BCUT2D eigenvalue weighted by molar-refractivity contribution is 5.31. The van der Waals surface area contributed by atoms with Gasteiger partial charge >= 0.3 is 12.4 Å². The second-order valence-electron chi connectivity index (χ2n) is 11.7. The van der Waals surface area contributed by atoms with Crippen LogP contribution < -0.4 is 14.8 Å². The molecule has 6 unspecified atom stereocenters. The Bertz CT molecular complexity index is 1160. The number of rotatable bonds is 8.